The number of carbonyl (C=O) groups excluding carboxylic acids is 1. The van der Waals surface area contributed by atoms with Gasteiger partial charge in [-0.05, 0) is 45.4 Å². The van der Waals surface area contributed by atoms with Gasteiger partial charge in [-0.25, -0.2) is 9.59 Å². The third kappa shape index (κ3) is 5.83. The molecule has 1 atom stereocenters. The number of hydrogen-bond acceptors (Lipinski definition) is 4. The maximum absolute atomic E-state index is 11.7. The monoisotopic (exact) mass is 295 g/mol. The smallest absolute Gasteiger partial charge is 0.412 e. The van der Waals surface area contributed by atoms with E-state index >= 15 is 0 Å². The van der Waals surface area contributed by atoms with Gasteiger partial charge in [-0.3, -0.25) is 5.32 Å². The van der Waals surface area contributed by atoms with E-state index in [2.05, 4.69) is 5.32 Å². The number of benzene rings is 1. The molecule has 21 heavy (non-hydrogen) atoms. The van der Waals surface area contributed by atoms with Crippen LogP contribution in [0.2, 0.25) is 0 Å². The van der Waals surface area contributed by atoms with E-state index in [0.29, 0.717) is 11.3 Å². The minimum atomic E-state index is -1.86. The Morgan fingerprint density at radius 3 is 2.38 bits per heavy atom. The molecule has 6 heteroatoms. The van der Waals surface area contributed by atoms with Crippen molar-refractivity contribution in [2.75, 3.05) is 5.32 Å². The number of aliphatic hydroxyl groups is 1. The van der Waals surface area contributed by atoms with Crippen LogP contribution in [0.3, 0.4) is 0 Å². The van der Waals surface area contributed by atoms with Crippen molar-refractivity contribution in [3.8, 4) is 0 Å². The number of amides is 1. The Bertz CT molecular complexity index is 531. The molecule has 1 aromatic rings. The molecule has 3 N–H and O–H groups in total. The minimum Gasteiger partial charge on any atom is -0.479 e. The zero-order chi connectivity index (χ0) is 16.3. The van der Waals surface area contributed by atoms with Crippen LogP contribution in [0.5, 0.6) is 0 Å². The van der Waals surface area contributed by atoms with Crippen molar-refractivity contribution in [2.45, 2.75) is 45.3 Å². The molecule has 1 unspecified atom stereocenters. The molecule has 0 aliphatic heterocycles. The fourth-order valence-corrected chi connectivity index (χ4v) is 1.65. The first-order chi connectivity index (χ1) is 9.49. The number of nitrogens with one attached hydrogen (secondary N) is 1. The van der Waals surface area contributed by atoms with Crippen LogP contribution in [0, 0.1) is 0 Å². The molecule has 1 rings (SSSR count). The van der Waals surface area contributed by atoms with Crippen LogP contribution in [-0.4, -0.2) is 33.5 Å². The van der Waals surface area contributed by atoms with Crippen LogP contribution < -0.4 is 5.32 Å². The Labute approximate surface area is 123 Å². The van der Waals surface area contributed by atoms with Gasteiger partial charge in [-0.2, -0.15) is 0 Å². The van der Waals surface area contributed by atoms with Gasteiger partial charge in [0.05, 0.1) is 0 Å². The first-order valence-electron chi connectivity index (χ1n) is 6.54. The maximum Gasteiger partial charge on any atom is 0.412 e. The third-order valence-corrected chi connectivity index (χ3v) is 2.58. The van der Waals surface area contributed by atoms with E-state index in [-0.39, 0.29) is 6.42 Å². The first-order valence-corrected chi connectivity index (χ1v) is 6.54. The van der Waals surface area contributed by atoms with E-state index in [0.717, 1.165) is 0 Å². The maximum atomic E-state index is 11.7. The van der Waals surface area contributed by atoms with Crippen LogP contribution >= 0.6 is 0 Å². The lowest BCUT2D eigenvalue weighted by Crippen LogP contribution is -2.37. The summed E-state index contributed by atoms with van der Waals surface area (Å²) < 4.78 is 5.13. The van der Waals surface area contributed by atoms with Gasteiger partial charge in [0.15, 0.2) is 5.60 Å². The van der Waals surface area contributed by atoms with Gasteiger partial charge in [0.1, 0.15) is 5.60 Å². The highest BCUT2D eigenvalue weighted by Crippen LogP contribution is 2.18. The molecule has 0 saturated carbocycles. The van der Waals surface area contributed by atoms with Crippen molar-refractivity contribution in [3.05, 3.63) is 29.8 Å². The number of carboxylic acid groups (broad SMARTS) is 1. The Kier molecular flexibility index (Phi) is 4.96. The zero-order valence-electron chi connectivity index (χ0n) is 12.6. The van der Waals surface area contributed by atoms with Crippen LogP contribution in [0.4, 0.5) is 10.5 Å². The highest BCUT2D eigenvalue weighted by atomic mass is 16.6. The lowest BCUT2D eigenvalue weighted by Gasteiger charge is -2.20. The summed E-state index contributed by atoms with van der Waals surface area (Å²) in [4.78, 5) is 22.6. The van der Waals surface area contributed by atoms with Gasteiger partial charge >= 0.3 is 12.1 Å². The summed E-state index contributed by atoms with van der Waals surface area (Å²) in [5, 5.41) is 21.2. The van der Waals surface area contributed by atoms with E-state index in [1.807, 2.05) is 0 Å². The van der Waals surface area contributed by atoms with Crippen molar-refractivity contribution >= 4 is 17.7 Å². The zero-order valence-corrected chi connectivity index (χ0v) is 12.6. The molecular weight excluding hydrogens is 274 g/mol. The van der Waals surface area contributed by atoms with Gasteiger partial charge in [0.25, 0.3) is 0 Å². The molecule has 0 aliphatic carbocycles. The second-order valence-corrected chi connectivity index (χ2v) is 6.08. The molecule has 1 amide bonds. The second kappa shape index (κ2) is 6.13. The summed E-state index contributed by atoms with van der Waals surface area (Å²) in [6.45, 7) is 6.50. The molecule has 0 heterocycles. The molecule has 116 valence electrons. The molecule has 0 saturated heterocycles. The molecule has 0 spiro atoms. The first kappa shape index (κ1) is 17.0. The van der Waals surface area contributed by atoms with Crippen molar-refractivity contribution in [1.29, 1.82) is 0 Å². The highest BCUT2D eigenvalue weighted by molar-refractivity contribution is 5.85. The van der Waals surface area contributed by atoms with E-state index in [4.69, 9.17) is 9.84 Å². The average Bonchev–Trinajstić information content (AvgIpc) is 2.25. The predicted octanol–water partition coefficient (Wildman–Crippen LogP) is 2.41. The largest absolute Gasteiger partial charge is 0.479 e. The van der Waals surface area contributed by atoms with Crippen molar-refractivity contribution in [1.82, 2.24) is 0 Å². The molecule has 0 aromatic heterocycles. The second-order valence-electron chi connectivity index (χ2n) is 6.08. The van der Waals surface area contributed by atoms with Crippen LogP contribution in [0.1, 0.15) is 33.3 Å². The van der Waals surface area contributed by atoms with Crippen molar-refractivity contribution < 1.29 is 24.5 Å². The topological polar surface area (TPSA) is 95.9 Å². The lowest BCUT2D eigenvalue weighted by molar-refractivity contribution is -0.156. The number of rotatable bonds is 4. The Morgan fingerprint density at radius 1 is 1.24 bits per heavy atom. The number of hydrogen-bond donors (Lipinski definition) is 3. The Hall–Kier alpha value is -2.08. The number of anilines is 1. The number of aliphatic carboxylic acids is 1. The Balaban J connectivity index is 2.78. The summed E-state index contributed by atoms with van der Waals surface area (Å²) >= 11 is 0. The quantitative estimate of drug-likeness (QED) is 0.792. The standard InChI is InChI=1S/C15H21NO5/c1-14(2,3)21-13(19)16-11-7-5-6-10(8-11)9-15(4,20)12(17)18/h5-8,20H,9H2,1-4H3,(H,16,19)(H,17,18). The summed E-state index contributed by atoms with van der Waals surface area (Å²) in [7, 11) is 0. The number of carbonyl (C=O) groups is 2. The molecule has 1 aromatic carbocycles. The molecule has 0 fully saturated rings. The molecule has 6 nitrogen and oxygen atoms in total. The van der Waals surface area contributed by atoms with Gasteiger partial charge < -0.3 is 14.9 Å². The fraction of sp³-hybridized carbons (Fsp3) is 0.467. The normalized spacial score (nSPS) is 14.1. The van der Waals surface area contributed by atoms with Crippen LogP contribution in [-0.2, 0) is 16.0 Å². The average molecular weight is 295 g/mol. The molecule has 0 radical (unpaired) electrons. The summed E-state index contributed by atoms with van der Waals surface area (Å²) in [5.74, 6) is -1.30. The van der Waals surface area contributed by atoms with Gasteiger partial charge in [-0.15, -0.1) is 0 Å². The summed E-state index contributed by atoms with van der Waals surface area (Å²) in [5.41, 5.74) is -1.39. The van der Waals surface area contributed by atoms with Crippen LogP contribution in [0.25, 0.3) is 0 Å². The number of carboxylic acids is 1. The molecule has 0 aliphatic rings. The predicted molar refractivity (Wildman–Crippen MR) is 78.3 cm³/mol. The molecular formula is C15H21NO5. The number of ether oxygens (including phenoxy) is 1. The van der Waals surface area contributed by atoms with Crippen molar-refractivity contribution in [2.24, 2.45) is 0 Å². The van der Waals surface area contributed by atoms with E-state index < -0.39 is 23.3 Å². The summed E-state index contributed by atoms with van der Waals surface area (Å²) in [6, 6.07) is 6.60. The molecule has 0 bridgehead atoms. The van der Waals surface area contributed by atoms with Gasteiger partial charge in [-0.1, -0.05) is 12.1 Å². The van der Waals surface area contributed by atoms with Crippen LogP contribution in [0.15, 0.2) is 24.3 Å². The van der Waals surface area contributed by atoms with E-state index in [9.17, 15) is 14.7 Å². The van der Waals surface area contributed by atoms with Gasteiger partial charge in [0.2, 0.25) is 0 Å². The van der Waals surface area contributed by atoms with E-state index in [1.54, 1.807) is 45.0 Å². The SMILES string of the molecule is CC(C)(C)OC(=O)Nc1cccc(CC(C)(O)C(=O)O)c1. The van der Waals surface area contributed by atoms with Gasteiger partial charge in [0, 0.05) is 12.1 Å². The highest BCUT2D eigenvalue weighted by Gasteiger charge is 2.30. The van der Waals surface area contributed by atoms with Crippen molar-refractivity contribution in [3.63, 3.8) is 0 Å². The van der Waals surface area contributed by atoms with E-state index in [1.165, 1.54) is 6.92 Å². The minimum absolute atomic E-state index is 0.0633. The third-order valence-electron chi connectivity index (χ3n) is 2.58. The fourth-order valence-electron chi connectivity index (χ4n) is 1.65. The summed E-state index contributed by atoms with van der Waals surface area (Å²) in [6.07, 6.45) is -0.656. The lowest BCUT2D eigenvalue weighted by atomic mass is 9.96. The Morgan fingerprint density at radius 2 is 1.86 bits per heavy atom.